The van der Waals surface area contributed by atoms with E-state index in [0.29, 0.717) is 0 Å². The molecule has 0 aliphatic heterocycles. The summed E-state index contributed by atoms with van der Waals surface area (Å²) in [5, 5.41) is 3.68. The van der Waals surface area contributed by atoms with E-state index in [1.165, 1.54) is 4.88 Å². The van der Waals surface area contributed by atoms with Gasteiger partial charge in [-0.2, -0.15) is 11.8 Å². The highest BCUT2D eigenvalue weighted by Crippen LogP contribution is 2.34. The highest BCUT2D eigenvalue weighted by atomic mass is 35.5. The quantitative estimate of drug-likeness (QED) is 0.675. The zero-order chi connectivity index (χ0) is 15.3. The van der Waals surface area contributed by atoms with E-state index in [2.05, 4.69) is 31.5 Å². The number of hydrogen-bond donors (Lipinski definition) is 1. The molecule has 5 heteroatoms. The molecule has 2 rings (SSSR count). The molecule has 2 aromatic heterocycles. The maximum absolute atomic E-state index is 6.09. The molecule has 2 nitrogen and oxygen atoms in total. The predicted molar refractivity (Wildman–Crippen MR) is 94.7 cm³/mol. The van der Waals surface area contributed by atoms with Crippen LogP contribution in [0.4, 0.5) is 0 Å². The summed E-state index contributed by atoms with van der Waals surface area (Å²) in [6, 6.07) is 8.04. The van der Waals surface area contributed by atoms with Crippen LogP contribution in [0.2, 0.25) is 4.34 Å². The van der Waals surface area contributed by atoms with Gasteiger partial charge in [0.25, 0.3) is 0 Å². The fraction of sp³-hybridized carbons (Fsp3) is 0.500. The lowest BCUT2D eigenvalue weighted by atomic mass is 10.0. The second kappa shape index (κ2) is 7.73. The molecule has 1 unspecified atom stereocenters. The molecule has 0 saturated heterocycles. The lowest BCUT2D eigenvalue weighted by Gasteiger charge is -2.31. The number of nitrogens with one attached hydrogen (secondary N) is 1. The molecule has 0 aliphatic carbocycles. The van der Waals surface area contributed by atoms with Crippen LogP contribution in [0.15, 0.2) is 34.9 Å². The Balaban J connectivity index is 2.18. The van der Waals surface area contributed by atoms with Crippen LogP contribution < -0.4 is 5.32 Å². The van der Waals surface area contributed by atoms with Gasteiger partial charge >= 0.3 is 0 Å². The van der Waals surface area contributed by atoms with E-state index in [1.807, 2.05) is 30.0 Å². The van der Waals surface area contributed by atoms with Gasteiger partial charge < -0.3 is 9.73 Å². The van der Waals surface area contributed by atoms with E-state index in [0.717, 1.165) is 29.5 Å². The molecule has 0 bridgehead atoms. The zero-order valence-electron chi connectivity index (χ0n) is 12.7. The Morgan fingerprint density at radius 1 is 1.33 bits per heavy atom. The first kappa shape index (κ1) is 16.9. The summed E-state index contributed by atoms with van der Waals surface area (Å²) in [7, 11) is 0. The first-order valence-electron chi connectivity index (χ1n) is 7.21. The van der Waals surface area contributed by atoms with Crippen molar-refractivity contribution in [2.75, 3.05) is 12.8 Å². The smallest absolute Gasteiger partial charge is 0.126 e. The fourth-order valence-corrected chi connectivity index (χ4v) is 4.38. The Bertz CT molecular complexity index is 526. The largest absolute Gasteiger partial charge is 0.467 e. The maximum Gasteiger partial charge on any atom is 0.126 e. The molecule has 2 aromatic rings. The summed E-state index contributed by atoms with van der Waals surface area (Å²) < 4.78 is 6.70. The molecule has 1 atom stereocenters. The Morgan fingerprint density at radius 3 is 2.57 bits per heavy atom. The Morgan fingerprint density at radius 2 is 2.10 bits per heavy atom. The van der Waals surface area contributed by atoms with Gasteiger partial charge in [0.15, 0.2) is 0 Å². The van der Waals surface area contributed by atoms with Crippen molar-refractivity contribution in [2.45, 2.75) is 37.5 Å². The summed E-state index contributed by atoms with van der Waals surface area (Å²) in [5.41, 5.74) is 0. The van der Waals surface area contributed by atoms with Crippen molar-refractivity contribution in [3.8, 4) is 0 Å². The minimum absolute atomic E-state index is 0.0714. The van der Waals surface area contributed by atoms with E-state index < -0.39 is 0 Å². The summed E-state index contributed by atoms with van der Waals surface area (Å²) in [6.45, 7) is 5.46. The van der Waals surface area contributed by atoms with Gasteiger partial charge in [0, 0.05) is 16.2 Å². The number of rotatable bonds is 8. The minimum Gasteiger partial charge on any atom is -0.467 e. The highest BCUT2D eigenvalue weighted by Gasteiger charge is 2.27. The molecule has 116 valence electrons. The molecule has 0 fully saturated rings. The molecule has 0 aliphatic rings. The van der Waals surface area contributed by atoms with Gasteiger partial charge in [-0.15, -0.1) is 11.3 Å². The topological polar surface area (TPSA) is 25.2 Å². The third-order valence-electron chi connectivity index (χ3n) is 4.06. The van der Waals surface area contributed by atoms with Crippen LogP contribution in [0.1, 0.15) is 43.4 Å². The minimum atomic E-state index is 0.0714. The van der Waals surface area contributed by atoms with Crippen molar-refractivity contribution < 1.29 is 4.42 Å². The number of thiophene rings is 1. The van der Waals surface area contributed by atoms with Crippen molar-refractivity contribution in [3.05, 3.63) is 45.5 Å². The lowest BCUT2D eigenvalue weighted by molar-refractivity contribution is 0.417. The van der Waals surface area contributed by atoms with Gasteiger partial charge in [0.2, 0.25) is 0 Å². The van der Waals surface area contributed by atoms with Crippen LogP contribution in [0.25, 0.3) is 0 Å². The monoisotopic (exact) mass is 343 g/mol. The van der Waals surface area contributed by atoms with Gasteiger partial charge in [-0.25, -0.2) is 0 Å². The fourth-order valence-electron chi connectivity index (χ4n) is 2.43. The summed E-state index contributed by atoms with van der Waals surface area (Å²) in [6.07, 6.45) is 6.21. The van der Waals surface area contributed by atoms with E-state index >= 15 is 0 Å². The summed E-state index contributed by atoms with van der Waals surface area (Å²) in [5.74, 6) is 0.940. The van der Waals surface area contributed by atoms with E-state index in [4.69, 9.17) is 16.0 Å². The molecule has 1 N–H and O–H groups in total. The maximum atomic E-state index is 6.09. The summed E-state index contributed by atoms with van der Waals surface area (Å²) >= 11 is 9.64. The van der Waals surface area contributed by atoms with Gasteiger partial charge in [-0.3, -0.25) is 0 Å². The van der Waals surface area contributed by atoms with Gasteiger partial charge in [-0.05, 0) is 43.4 Å². The lowest BCUT2D eigenvalue weighted by Crippen LogP contribution is -2.38. The van der Waals surface area contributed by atoms with Crippen LogP contribution in [-0.2, 0) is 0 Å². The molecular formula is C16H22ClNOS2. The predicted octanol–water partition coefficient (Wildman–Crippen LogP) is 5.60. The number of hydrogen-bond acceptors (Lipinski definition) is 4. The number of halogens is 1. The van der Waals surface area contributed by atoms with E-state index in [9.17, 15) is 0 Å². The molecule has 0 amide bonds. The van der Waals surface area contributed by atoms with Gasteiger partial charge in [0.05, 0.1) is 10.6 Å². The third-order valence-corrected chi connectivity index (χ3v) is 6.94. The average molecular weight is 344 g/mol. The van der Waals surface area contributed by atoms with Crippen molar-refractivity contribution in [2.24, 2.45) is 0 Å². The van der Waals surface area contributed by atoms with Gasteiger partial charge in [-0.1, -0.05) is 25.4 Å². The van der Waals surface area contributed by atoms with Crippen LogP contribution in [0, 0.1) is 0 Å². The first-order valence-corrected chi connectivity index (χ1v) is 9.63. The van der Waals surface area contributed by atoms with Crippen LogP contribution in [0.5, 0.6) is 0 Å². The Kier molecular flexibility index (Phi) is 6.23. The second-order valence-corrected chi connectivity index (χ2v) is 8.09. The van der Waals surface area contributed by atoms with Crippen LogP contribution in [-0.4, -0.2) is 17.5 Å². The molecule has 0 spiro atoms. The first-order chi connectivity index (χ1) is 10.1. The third kappa shape index (κ3) is 4.07. The highest BCUT2D eigenvalue weighted by molar-refractivity contribution is 8.00. The normalized spacial score (nSPS) is 13.5. The standard InChI is InChI=1S/C16H22ClNOS2/c1-4-16(5-2,20-3)11-18-15(12-7-6-10-19-12)13-8-9-14(17)21-13/h6-10,15,18H,4-5,11H2,1-3H3. The molecule has 0 saturated carbocycles. The molecule has 0 aromatic carbocycles. The van der Waals surface area contributed by atoms with Crippen molar-refractivity contribution in [1.29, 1.82) is 0 Å². The number of furan rings is 1. The van der Waals surface area contributed by atoms with Gasteiger partial charge in [0.1, 0.15) is 11.8 Å². The molecule has 0 radical (unpaired) electrons. The van der Waals surface area contributed by atoms with Crippen molar-refractivity contribution in [3.63, 3.8) is 0 Å². The summed E-state index contributed by atoms with van der Waals surface area (Å²) in [4.78, 5) is 1.19. The average Bonchev–Trinajstić information content (AvgIpc) is 3.16. The van der Waals surface area contributed by atoms with Crippen molar-refractivity contribution in [1.82, 2.24) is 5.32 Å². The Labute approximate surface area is 140 Å². The molecule has 21 heavy (non-hydrogen) atoms. The molecule has 2 heterocycles. The van der Waals surface area contributed by atoms with E-state index in [-0.39, 0.29) is 10.8 Å². The second-order valence-electron chi connectivity index (χ2n) is 5.07. The van der Waals surface area contributed by atoms with Crippen LogP contribution in [0.3, 0.4) is 0 Å². The van der Waals surface area contributed by atoms with Crippen molar-refractivity contribution >= 4 is 34.7 Å². The molecular weight excluding hydrogens is 322 g/mol. The Hall–Kier alpha value is -0.420. The number of thioether (sulfide) groups is 1. The van der Waals surface area contributed by atoms with E-state index in [1.54, 1.807) is 17.6 Å². The SMILES string of the molecule is CCC(CC)(CNC(c1ccco1)c1ccc(Cl)s1)SC. The zero-order valence-corrected chi connectivity index (χ0v) is 15.1. The van der Waals surface area contributed by atoms with Crippen LogP contribution >= 0.6 is 34.7 Å².